The van der Waals surface area contributed by atoms with Crippen LogP contribution in [0.15, 0.2) is 39.2 Å². The molecule has 0 bridgehead atoms. The quantitative estimate of drug-likeness (QED) is 0.358. The summed E-state index contributed by atoms with van der Waals surface area (Å²) in [5, 5.41) is 4.20. The molecule has 9 heteroatoms. The molecule has 0 atom stereocenters. The summed E-state index contributed by atoms with van der Waals surface area (Å²) in [4.78, 5) is 35.0. The number of aryl methyl sites for hydroxylation is 2. The van der Waals surface area contributed by atoms with E-state index in [1.807, 2.05) is 12.1 Å². The molecule has 0 aromatic carbocycles. The smallest absolute Gasteiger partial charge is 0.303 e. The van der Waals surface area contributed by atoms with Crippen LogP contribution in [0.4, 0.5) is 5.95 Å². The van der Waals surface area contributed by atoms with Gasteiger partial charge >= 0.3 is 5.69 Å². The first-order valence-corrected chi connectivity index (χ1v) is 9.00. The Balaban J connectivity index is 1.95. The largest absolute Gasteiger partial charge is 0.329 e. The standard InChI is InChI=1S/C18H23N7O2/c1-3-4-5-6-10-25-14-15(24(2)18(27)22-16(14)26)21-17(25)23-20-12-13-8-7-9-19-11-13/h7-9,11-12H,3-6,10H2,1-2H3,(H,21,23)(H,22,26,27)/b20-12+. The van der Waals surface area contributed by atoms with Gasteiger partial charge < -0.3 is 4.57 Å². The van der Waals surface area contributed by atoms with Gasteiger partial charge in [0, 0.05) is 31.5 Å². The van der Waals surface area contributed by atoms with Crippen molar-refractivity contribution in [3.8, 4) is 0 Å². The molecule has 0 aliphatic rings. The van der Waals surface area contributed by atoms with Gasteiger partial charge in [0.05, 0.1) is 6.21 Å². The van der Waals surface area contributed by atoms with Crippen LogP contribution in [0.25, 0.3) is 11.2 Å². The Labute approximate surface area is 155 Å². The molecule has 2 N–H and O–H groups in total. The highest BCUT2D eigenvalue weighted by molar-refractivity contribution is 5.80. The van der Waals surface area contributed by atoms with Crippen molar-refractivity contribution in [2.45, 2.75) is 39.2 Å². The minimum atomic E-state index is -0.492. The Morgan fingerprint density at radius 2 is 2.15 bits per heavy atom. The average Bonchev–Trinajstić information content (AvgIpc) is 3.03. The maximum atomic E-state index is 12.4. The Bertz CT molecular complexity index is 1050. The molecular formula is C18H23N7O2. The van der Waals surface area contributed by atoms with Crippen LogP contribution < -0.4 is 16.7 Å². The summed E-state index contributed by atoms with van der Waals surface area (Å²) in [7, 11) is 1.58. The van der Waals surface area contributed by atoms with Gasteiger partial charge in [0.1, 0.15) is 0 Å². The van der Waals surface area contributed by atoms with Crippen LogP contribution in [0.2, 0.25) is 0 Å². The zero-order chi connectivity index (χ0) is 19.2. The summed E-state index contributed by atoms with van der Waals surface area (Å²) < 4.78 is 3.11. The lowest BCUT2D eigenvalue weighted by atomic mass is 10.2. The molecule has 0 aliphatic carbocycles. The lowest BCUT2D eigenvalue weighted by Crippen LogP contribution is -2.29. The van der Waals surface area contributed by atoms with E-state index in [-0.39, 0.29) is 0 Å². The molecule has 27 heavy (non-hydrogen) atoms. The molecule has 0 amide bonds. The minimum absolute atomic E-state index is 0.332. The molecule has 3 aromatic heterocycles. The Morgan fingerprint density at radius 3 is 2.89 bits per heavy atom. The molecule has 3 aromatic rings. The molecule has 0 radical (unpaired) electrons. The summed E-state index contributed by atoms with van der Waals surface area (Å²) >= 11 is 0. The number of aromatic amines is 1. The summed E-state index contributed by atoms with van der Waals surface area (Å²) in [6.45, 7) is 2.76. The van der Waals surface area contributed by atoms with E-state index >= 15 is 0 Å². The van der Waals surface area contributed by atoms with Gasteiger partial charge in [-0.25, -0.2) is 10.2 Å². The number of unbranched alkanes of at least 4 members (excludes halogenated alkanes) is 3. The van der Waals surface area contributed by atoms with Gasteiger partial charge in [-0.2, -0.15) is 10.1 Å². The Kier molecular flexibility index (Phi) is 5.80. The van der Waals surface area contributed by atoms with Crippen molar-refractivity contribution in [3.63, 3.8) is 0 Å². The number of fused-ring (bicyclic) bond motifs is 1. The zero-order valence-electron chi connectivity index (χ0n) is 15.5. The number of rotatable bonds is 8. The molecule has 0 fully saturated rings. The highest BCUT2D eigenvalue weighted by atomic mass is 16.2. The monoisotopic (exact) mass is 369 g/mol. The van der Waals surface area contributed by atoms with Crippen molar-refractivity contribution in [2.75, 3.05) is 5.43 Å². The van der Waals surface area contributed by atoms with Crippen LogP contribution in [-0.2, 0) is 13.6 Å². The van der Waals surface area contributed by atoms with E-state index in [0.29, 0.717) is 23.7 Å². The normalized spacial score (nSPS) is 11.5. The maximum absolute atomic E-state index is 12.4. The first-order chi connectivity index (χ1) is 13.1. The highest BCUT2D eigenvalue weighted by Crippen LogP contribution is 2.17. The summed E-state index contributed by atoms with van der Waals surface area (Å²) in [5.41, 5.74) is 3.49. The molecule has 0 spiro atoms. The van der Waals surface area contributed by atoms with Crippen LogP contribution in [0.3, 0.4) is 0 Å². The van der Waals surface area contributed by atoms with Crippen molar-refractivity contribution in [3.05, 3.63) is 50.9 Å². The minimum Gasteiger partial charge on any atom is -0.303 e. The first-order valence-electron chi connectivity index (χ1n) is 9.00. The molecule has 3 heterocycles. The lowest BCUT2D eigenvalue weighted by Gasteiger charge is -2.07. The van der Waals surface area contributed by atoms with Gasteiger partial charge in [0.25, 0.3) is 5.56 Å². The SMILES string of the molecule is CCCCCCn1c(N/N=C/c2cccnc2)nc2c1c(=O)[nH]c(=O)n2C. The number of imidazole rings is 1. The number of anilines is 1. The second-order valence-corrected chi connectivity index (χ2v) is 6.29. The maximum Gasteiger partial charge on any atom is 0.329 e. The van der Waals surface area contributed by atoms with Gasteiger partial charge in [0.2, 0.25) is 5.95 Å². The number of H-pyrrole nitrogens is 1. The van der Waals surface area contributed by atoms with Crippen molar-refractivity contribution in [1.29, 1.82) is 0 Å². The molecule has 9 nitrogen and oxygen atoms in total. The highest BCUT2D eigenvalue weighted by Gasteiger charge is 2.16. The molecule has 142 valence electrons. The lowest BCUT2D eigenvalue weighted by molar-refractivity contribution is 0.593. The van der Waals surface area contributed by atoms with Crippen molar-refractivity contribution in [2.24, 2.45) is 12.1 Å². The van der Waals surface area contributed by atoms with Gasteiger partial charge in [0.15, 0.2) is 11.2 Å². The van der Waals surface area contributed by atoms with E-state index < -0.39 is 11.2 Å². The Hall–Kier alpha value is -3.23. The van der Waals surface area contributed by atoms with Crippen LogP contribution in [-0.4, -0.2) is 30.3 Å². The van der Waals surface area contributed by atoms with E-state index in [0.717, 1.165) is 31.2 Å². The van der Waals surface area contributed by atoms with Crippen LogP contribution in [0, 0.1) is 0 Å². The molecule has 3 rings (SSSR count). The number of nitrogens with zero attached hydrogens (tertiary/aromatic N) is 5. The first kappa shape index (κ1) is 18.6. The van der Waals surface area contributed by atoms with E-state index in [4.69, 9.17) is 0 Å². The average molecular weight is 369 g/mol. The van der Waals surface area contributed by atoms with Crippen LogP contribution in [0.1, 0.15) is 38.2 Å². The van der Waals surface area contributed by atoms with E-state index in [9.17, 15) is 9.59 Å². The fraction of sp³-hybridized carbons (Fsp3) is 0.389. The molecule has 0 saturated heterocycles. The fourth-order valence-corrected chi connectivity index (χ4v) is 2.85. The van der Waals surface area contributed by atoms with E-state index in [2.05, 4.69) is 32.4 Å². The van der Waals surface area contributed by atoms with E-state index in [1.54, 1.807) is 30.2 Å². The van der Waals surface area contributed by atoms with Crippen LogP contribution >= 0.6 is 0 Å². The van der Waals surface area contributed by atoms with Gasteiger partial charge in [-0.05, 0) is 12.5 Å². The molecule has 0 aliphatic heterocycles. The fourth-order valence-electron chi connectivity index (χ4n) is 2.85. The predicted molar refractivity (Wildman–Crippen MR) is 105 cm³/mol. The van der Waals surface area contributed by atoms with Gasteiger partial charge in [-0.1, -0.05) is 32.3 Å². The third kappa shape index (κ3) is 4.13. The summed E-state index contributed by atoms with van der Waals surface area (Å²) in [5.74, 6) is 0.424. The van der Waals surface area contributed by atoms with Gasteiger partial charge in [-0.15, -0.1) is 0 Å². The predicted octanol–water partition coefficient (Wildman–Crippen LogP) is 1.84. The second kappa shape index (κ2) is 8.43. The summed E-state index contributed by atoms with van der Waals surface area (Å²) in [6, 6.07) is 3.69. The topological polar surface area (TPSA) is 110 Å². The third-order valence-electron chi connectivity index (χ3n) is 4.30. The van der Waals surface area contributed by atoms with Crippen molar-refractivity contribution in [1.82, 2.24) is 24.1 Å². The van der Waals surface area contributed by atoms with Crippen molar-refractivity contribution < 1.29 is 0 Å². The zero-order valence-corrected chi connectivity index (χ0v) is 15.5. The number of aromatic nitrogens is 5. The number of pyridine rings is 1. The number of hydrogen-bond donors (Lipinski definition) is 2. The number of hydrogen-bond acceptors (Lipinski definition) is 6. The molecule has 0 unspecified atom stereocenters. The third-order valence-corrected chi connectivity index (χ3v) is 4.30. The number of hydrazone groups is 1. The van der Waals surface area contributed by atoms with Gasteiger partial charge in [-0.3, -0.25) is 19.3 Å². The van der Waals surface area contributed by atoms with E-state index in [1.165, 1.54) is 4.57 Å². The molecule has 0 saturated carbocycles. The number of nitrogens with one attached hydrogen (secondary N) is 2. The van der Waals surface area contributed by atoms with Crippen molar-refractivity contribution >= 4 is 23.3 Å². The summed E-state index contributed by atoms with van der Waals surface area (Å²) in [6.07, 6.45) is 9.21. The Morgan fingerprint density at radius 1 is 1.30 bits per heavy atom. The second-order valence-electron chi connectivity index (χ2n) is 6.29. The molecular weight excluding hydrogens is 346 g/mol. The van der Waals surface area contributed by atoms with Crippen LogP contribution in [0.5, 0.6) is 0 Å².